The minimum Gasteiger partial charge on any atom is -0.352 e. The maximum Gasteiger partial charge on any atom is 0.264 e. The van der Waals surface area contributed by atoms with Crippen LogP contribution >= 0.6 is 0 Å². The number of carbonyl (C=O) groups is 2. The number of nitrogens with zero attached hydrogens (tertiary/aromatic N) is 2. The molecule has 0 radical (unpaired) electrons. The third kappa shape index (κ3) is 7.06. The van der Waals surface area contributed by atoms with Crippen LogP contribution in [0.1, 0.15) is 49.3 Å². The van der Waals surface area contributed by atoms with Gasteiger partial charge in [-0.25, -0.2) is 8.42 Å². The zero-order valence-electron chi connectivity index (χ0n) is 22.8. The van der Waals surface area contributed by atoms with Crippen LogP contribution in [0, 0.1) is 13.8 Å². The molecule has 0 saturated heterocycles. The summed E-state index contributed by atoms with van der Waals surface area (Å²) in [6.07, 6.45) is 4.02. The van der Waals surface area contributed by atoms with Crippen molar-refractivity contribution >= 4 is 27.5 Å². The van der Waals surface area contributed by atoms with Gasteiger partial charge in [0.05, 0.1) is 10.6 Å². The van der Waals surface area contributed by atoms with Crippen molar-refractivity contribution in [2.24, 2.45) is 0 Å². The van der Waals surface area contributed by atoms with Crippen molar-refractivity contribution in [3.8, 4) is 0 Å². The summed E-state index contributed by atoms with van der Waals surface area (Å²) >= 11 is 0. The highest BCUT2D eigenvalue weighted by Gasteiger charge is 2.33. The third-order valence-electron chi connectivity index (χ3n) is 7.24. The molecule has 0 aliphatic heterocycles. The molecule has 0 bridgehead atoms. The molecule has 206 valence electrons. The van der Waals surface area contributed by atoms with Gasteiger partial charge in [0.15, 0.2) is 0 Å². The van der Waals surface area contributed by atoms with E-state index in [1.807, 2.05) is 50.2 Å². The number of aryl methyl sites for hydroxylation is 2. The molecule has 3 aromatic carbocycles. The van der Waals surface area contributed by atoms with Crippen LogP contribution in [-0.4, -0.2) is 43.8 Å². The Morgan fingerprint density at radius 1 is 0.897 bits per heavy atom. The molecule has 1 aliphatic carbocycles. The first-order valence-electron chi connectivity index (χ1n) is 13.4. The van der Waals surface area contributed by atoms with E-state index in [9.17, 15) is 18.0 Å². The van der Waals surface area contributed by atoms with Crippen LogP contribution in [0.15, 0.2) is 83.8 Å². The third-order valence-corrected chi connectivity index (χ3v) is 9.02. The molecular formula is C31H37N3O4S. The molecule has 1 N–H and O–H groups in total. The Morgan fingerprint density at radius 2 is 1.56 bits per heavy atom. The van der Waals surface area contributed by atoms with E-state index in [2.05, 4.69) is 5.32 Å². The highest BCUT2D eigenvalue weighted by molar-refractivity contribution is 7.92. The quantitative estimate of drug-likeness (QED) is 0.388. The molecule has 39 heavy (non-hydrogen) atoms. The molecule has 4 rings (SSSR count). The Bertz CT molecular complexity index is 1380. The SMILES string of the molecule is Cc1ccc(N(CC(=O)N(Cc2cccc(C)c2)C(C)C(=O)NC2CCCC2)S(=O)(=O)c2ccccc2)cc1. The predicted octanol–water partition coefficient (Wildman–Crippen LogP) is 4.97. The van der Waals surface area contributed by atoms with Gasteiger partial charge in [-0.05, 0) is 63.4 Å². The fraction of sp³-hybridized carbons (Fsp3) is 0.355. The number of benzene rings is 3. The Hall–Kier alpha value is -3.65. The van der Waals surface area contributed by atoms with Crippen LogP contribution in [0.5, 0.6) is 0 Å². The van der Waals surface area contributed by atoms with Gasteiger partial charge in [-0.15, -0.1) is 0 Å². The number of hydrogen-bond acceptors (Lipinski definition) is 4. The molecule has 1 aliphatic rings. The van der Waals surface area contributed by atoms with Crippen molar-refractivity contribution in [3.05, 3.63) is 95.6 Å². The molecule has 8 heteroatoms. The maximum absolute atomic E-state index is 14.0. The lowest BCUT2D eigenvalue weighted by Crippen LogP contribution is -2.52. The standard InChI is InChI=1S/C31H37N3O4S/c1-23-16-18-28(19-17-23)34(39(37,38)29-14-5-4-6-15-29)22-30(35)33(21-26-11-9-10-24(2)20-26)25(3)31(36)32-27-12-7-8-13-27/h4-6,9-11,14-20,25,27H,7-8,12-13,21-22H2,1-3H3,(H,32,36). The molecule has 0 heterocycles. The van der Waals surface area contributed by atoms with E-state index in [0.717, 1.165) is 46.7 Å². The number of carbonyl (C=O) groups excluding carboxylic acids is 2. The van der Waals surface area contributed by atoms with Crippen molar-refractivity contribution in [1.29, 1.82) is 0 Å². The Morgan fingerprint density at radius 3 is 2.21 bits per heavy atom. The Kier molecular flexibility index (Phi) is 9.07. The predicted molar refractivity (Wildman–Crippen MR) is 154 cm³/mol. The number of rotatable bonds is 10. The average Bonchev–Trinajstić information content (AvgIpc) is 3.44. The summed E-state index contributed by atoms with van der Waals surface area (Å²) in [5, 5.41) is 3.09. The smallest absolute Gasteiger partial charge is 0.264 e. The molecule has 0 spiro atoms. The van der Waals surface area contributed by atoms with E-state index in [-0.39, 0.29) is 23.4 Å². The van der Waals surface area contributed by atoms with E-state index in [0.29, 0.717) is 5.69 Å². The van der Waals surface area contributed by atoms with E-state index < -0.39 is 28.5 Å². The fourth-order valence-electron chi connectivity index (χ4n) is 4.94. The van der Waals surface area contributed by atoms with E-state index in [1.54, 1.807) is 37.3 Å². The first-order valence-corrected chi connectivity index (χ1v) is 14.9. The zero-order valence-corrected chi connectivity index (χ0v) is 23.7. The van der Waals surface area contributed by atoms with Crippen molar-refractivity contribution in [2.45, 2.75) is 70.0 Å². The van der Waals surface area contributed by atoms with Gasteiger partial charge in [-0.2, -0.15) is 0 Å². The van der Waals surface area contributed by atoms with E-state index >= 15 is 0 Å². The van der Waals surface area contributed by atoms with Crippen LogP contribution in [0.4, 0.5) is 5.69 Å². The Balaban J connectivity index is 1.67. The fourth-order valence-corrected chi connectivity index (χ4v) is 6.38. The highest BCUT2D eigenvalue weighted by atomic mass is 32.2. The second-order valence-corrected chi connectivity index (χ2v) is 12.2. The summed E-state index contributed by atoms with van der Waals surface area (Å²) in [5.41, 5.74) is 3.27. The first kappa shape index (κ1) is 28.4. The molecule has 2 amide bonds. The van der Waals surface area contributed by atoms with Crippen molar-refractivity contribution in [2.75, 3.05) is 10.8 Å². The van der Waals surface area contributed by atoms with Crippen LogP contribution in [0.3, 0.4) is 0 Å². The van der Waals surface area contributed by atoms with Gasteiger partial charge in [-0.3, -0.25) is 13.9 Å². The minimum atomic E-state index is -4.05. The van der Waals surface area contributed by atoms with E-state index in [1.165, 1.54) is 17.0 Å². The van der Waals surface area contributed by atoms with Crippen molar-refractivity contribution in [3.63, 3.8) is 0 Å². The maximum atomic E-state index is 14.0. The topological polar surface area (TPSA) is 86.8 Å². The molecular weight excluding hydrogens is 510 g/mol. The van der Waals surface area contributed by atoms with Crippen molar-refractivity contribution in [1.82, 2.24) is 10.2 Å². The molecule has 1 saturated carbocycles. The van der Waals surface area contributed by atoms with Gasteiger partial charge in [0.25, 0.3) is 10.0 Å². The monoisotopic (exact) mass is 547 g/mol. The second kappa shape index (κ2) is 12.5. The number of amides is 2. The minimum absolute atomic E-state index is 0.0932. The summed E-state index contributed by atoms with van der Waals surface area (Å²) < 4.78 is 28.7. The highest BCUT2D eigenvalue weighted by Crippen LogP contribution is 2.25. The van der Waals surface area contributed by atoms with Crippen LogP contribution in [0.25, 0.3) is 0 Å². The molecule has 1 unspecified atom stereocenters. The summed E-state index contributed by atoms with van der Waals surface area (Å²) in [5.74, 6) is -0.679. The van der Waals surface area contributed by atoms with Gasteiger partial charge in [-0.1, -0.05) is 78.6 Å². The number of hydrogen-bond donors (Lipinski definition) is 1. The van der Waals surface area contributed by atoms with Crippen LogP contribution in [0.2, 0.25) is 0 Å². The average molecular weight is 548 g/mol. The van der Waals surface area contributed by atoms with Crippen LogP contribution in [-0.2, 0) is 26.2 Å². The number of nitrogens with one attached hydrogen (secondary N) is 1. The summed E-state index contributed by atoms with van der Waals surface area (Å²) in [6.45, 7) is 5.34. The van der Waals surface area contributed by atoms with Crippen LogP contribution < -0.4 is 9.62 Å². The largest absolute Gasteiger partial charge is 0.352 e. The number of anilines is 1. The van der Waals surface area contributed by atoms with Gasteiger partial charge in [0.1, 0.15) is 12.6 Å². The lowest BCUT2D eigenvalue weighted by Gasteiger charge is -2.32. The summed E-state index contributed by atoms with van der Waals surface area (Å²) in [6, 6.07) is 22.2. The van der Waals surface area contributed by atoms with Gasteiger partial charge in [0.2, 0.25) is 11.8 Å². The molecule has 0 aromatic heterocycles. The Labute approximate surface area is 231 Å². The zero-order chi connectivity index (χ0) is 28.0. The normalized spacial score (nSPS) is 14.5. The lowest BCUT2D eigenvalue weighted by atomic mass is 10.1. The number of sulfonamides is 1. The molecule has 7 nitrogen and oxygen atoms in total. The molecule has 1 atom stereocenters. The van der Waals surface area contributed by atoms with Gasteiger partial charge >= 0.3 is 0 Å². The van der Waals surface area contributed by atoms with Gasteiger partial charge in [0, 0.05) is 12.6 Å². The first-order chi connectivity index (χ1) is 18.6. The molecule has 1 fully saturated rings. The van der Waals surface area contributed by atoms with E-state index in [4.69, 9.17) is 0 Å². The summed E-state index contributed by atoms with van der Waals surface area (Å²) in [4.78, 5) is 28.8. The summed E-state index contributed by atoms with van der Waals surface area (Å²) in [7, 11) is -4.05. The second-order valence-electron chi connectivity index (χ2n) is 10.3. The van der Waals surface area contributed by atoms with Crippen molar-refractivity contribution < 1.29 is 18.0 Å². The van der Waals surface area contributed by atoms with Gasteiger partial charge < -0.3 is 10.2 Å². The molecule has 3 aromatic rings. The lowest BCUT2D eigenvalue weighted by molar-refractivity contribution is -0.139.